The minimum absolute atomic E-state index is 0.0642. The maximum atomic E-state index is 13.1. The van der Waals surface area contributed by atoms with Crippen LogP contribution in [0.1, 0.15) is 6.92 Å². The van der Waals surface area contributed by atoms with E-state index in [1.807, 2.05) is 0 Å². The zero-order chi connectivity index (χ0) is 10.6. The minimum atomic E-state index is -0.634. The van der Waals surface area contributed by atoms with Crippen molar-refractivity contribution >= 4 is 17.3 Å². The number of carbonyl (C=O) groups excluding carboxylic acids is 1. The molecule has 0 heterocycles. The number of halogens is 1. The molecule has 1 amide bonds. The van der Waals surface area contributed by atoms with Gasteiger partial charge in [-0.25, -0.2) is 4.39 Å². The molecule has 14 heavy (non-hydrogen) atoms. The van der Waals surface area contributed by atoms with E-state index in [1.165, 1.54) is 19.1 Å². The number of azide groups is 1. The van der Waals surface area contributed by atoms with Crippen molar-refractivity contribution in [3.8, 4) is 0 Å². The van der Waals surface area contributed by atoms with Crippen LogP contribution in [0.4, 0.5) is 15.8 Å². The van der Waals surface area contributed by atoms with E-state index >= 15 is 0 Å². The number of hydrogen-bond donors (Lipinski definition) is 1. The van der Waals surface area contributed by atoms with Crippen molar-refractivity contribution in [2.24, 2.45) is 5.11 Å². The van der Waals surface area contributed by atoms with Crippen molar-refractivity contribution in [3.63, 3.8) is 0 Å². The highest BCUT2D eigenvalue weighted by Gasteiger charge is 2.03. The van der Waals surface area contributed by atoms with E-state index < -0.39 is 5.82 Å². The molecule has 72 valence electrons. The van der Waals surface area contributed by atoms with Gasteiger partial charge in [-0.1, -0.05) is 11.2 Å². The average molecular weight is 194 g/mol. The SMILES string of the molecule is CC(=O)Nc1ccc(N=[N+]=[N-])cc1F. The van der Waals surface area contributed by atoms with Gasteiger partial charge in [0.15, 0.2) is 0 Å². The van der Waals surface area contributed by atoms with Gasteiger partial charge in [-0.15, -0.1) is 0 Å². The molecule has 0 aliphatic heterocycles. The molecule has 0 aliphatic carbocycles. The van der Waals surface area contributed by atoms with E-state index in [0.29, 0.717) is 0 Å². The van der Waals surface area contributed by atoms with Crippen molar-refractivity contribution in [1.29, 1.82) is 0 Å². The number of hydrogen-bond acceptors (Lipinski definition) is 2. The van der Waals surface area contributed by atoms with Gasteiger partial charge in [0, 0.05) is 17.5 Å². The molecule has 0 atom stereocenters. The zero-order valence-electron chi connectivity index (χ0n) is 7.36. The Balaban J connectivity index is 3.00. The first-order valence-electron chi connectivity index (χ1n) is 3.75. The first-order valence-corrected chi connectivity index (χ1v) is 3.75. The predicted octanol–water partition coefficient (Wildman–Crippen LogP) is 2.73. The average Bonchev–Trinajstić information content (AvgIpc) is 2.10. The first kappa shape index (κ1) is 10.0. The number of nitrogens with zero attached hydrogens (tertiary/aromatic N) is 3. The fourth-order valence-corrected chi connectivity index (χ4v) is 0.909. The molecule has 0 aromatic heterocycles. The lowest BCUT2D eigenvalue weighted by atomic mass is 10.2. The summed E-state index contributed by atoms with van der Waals surface area (Å²) in [5.74, 6) is -0.995. The van der Waals surface area contributed by atoms with Gasteiger partial charge >= 0.3 is 0 Å². The highest BCUT2D eigenvalue weighted by molar-refractivity contribution is 5.88. The van der Waals surface area contributed by atoms with E-state index in [9.17, 15) is 9.18 Å². The molecule has 0 saturated heterocycles. The summed E-state index contributed by atoms with van der Waals surface area (Å²) < 4.78 is 13.1. The lowest BCUT2D eigenvalue weighted by molar-refractivity contribution is -0.114. The first-order chi connectivity index (χ1) is 6.63. The molecule has 0 unspecified atom stereocenters. The summed E-state index contributed by atoms with van der Waals surface area (Å²) in [7, 11) is 0. The van der Waals surface area contributed by atoms with Crippen LogP contribution in [0.2, 0.25) is 0 Å². The van der Waals surface area contributed by atoms with Gasteiger partial charge in [0.2, 0.25) is 5.91 Å². The van der Waals surface area contributed by atoms with Gasteiger partial charge in [0.25, 0.3) is 0 Å². The van der Waals surface area contributed by atoms with Crippen LogP contribution < -0.4 is 5.32 Å². The minimum Gasteiger partial charge on any atom is -0.324 e. The Labute approximate surface area is 79.2 Å². The second-order valence-electron chi connectivity index (χ2n) is 2.53. The molecule has 0 aliphatic rings. The van der Waals surface area contributed by atoms with Crippen molar-refractivity contribution in [1.82, 2.24) is 0 Å². The molecule has 5 nitrogen and oxygen atoms in total. The highest BCUT2D eigenvalue weighted by atomic mass is 19.1. The van der Waals surface area contributed by atoms with Crippen LogP contribution in [0.5, 0.6) is 0 Å². The summed E-state index contributed by atoms with van der Waals surface area (Å²) in [4.78, 5) is 13.1. The molecular weight excluding hydrogens is 187 g/mol. The summed E-state index contributed by atoms with van der Waals surface area (Å²) in [6, 6.07) is 3.79. The number of rotatable bonds is 2. The Morgan fingerprint density at radius 3 is 2.86 bits per heavy atom. The molecule has 1 aromatic carbocycles. The van der Waals surface area contributed by atoms with E-state index in [2.05, 4.69) is 15.3 Å². The smallest absolute Gasteiger partial charge is 0.221 e. The second-order valence-corrected chi connectivity index (χ2v) is 2.53. The van der Waals surface area contributed by atoms with Crippen molar-refractivity contribution in [3.05, 3.63) is 34.5 Å². The molecule has 0 spiro atoms. The van der Waals surface area contributed by atoms with Crippen LogP contribution in [-0.4, -0.2) is 5.91 Å². The van der Waals surface area contributed by atoms with Crippen LogP contribution in [-0.2, 0) is 4.79 Å². The molecule has 0 saturated carbocycles. The molecular formula is C8H7FN4O. The summed E-state index contributed by atoms with van der Waals surface area (Å²) in [6.07, 6.45) is 0. The lowest BCUT2D eigenvalue weighted by Gasteiger charge is -2.03. The molecule has 1 aromatic rings. The topological polar surface area (TPSA) is 77.9 Å². The Morgan fingerprint density at radius 2 is 2.36 bits per heavy atom. The third-order valence-corrected chi connectivity index (χ3v) is 1.42. The third kappa shape index (κ3) is 2.46. The fraction of sp³-hybridized carbons (Fsp3) is 0.125. The number of nitrogens with one attached hydrogen (secondary N) is 1. The Hall–Kier alpha value is -2.07. The fourth-order valence-electron chi connectivity index (χ4n) is 0.909. The summed E-state index contributed by atoms with van der Waals surface area (Å²) in [5.41, 5.74) is 8.32. The van der Waals surface area contributed by atoms with Gasteiger partial charge in [-0.05, 0) is 17.7 Å². The van der Waals surface area contributed by atoms with Crippen LogP contribution in [0.3, 0.4) is 0 Å². The van der Waals surface area contributed by atoms with Crippen molar-refractivity contribution in [2.45, 2.75) is 6.92 Å². The molecule has 6 heteroatoms. The maximum absolute atomic E-state index is 13.1. The number of anilines is 1. The Bertz CT molecular complexity index is 412. The Morgan fingerprint density at radius 1 is 1.64 bits per heavy atom. The predicted molar refractivity (Wildman–Crippen MR) is 49.5 cm³/mol. The zero-order valence-corrected chi connectivity index (χ0v) is 7.36. The van der Waals surface area contributed by atoms with E-state index in [0.717, 1.165) is 6.07 Å². The van der Waals surface area contributed by atoms with E-state index in [4.69, 9.17) is 5.53 Å². The molecule has 0 fully saturated rings. The van der Waals surface area contributed by atoms with Gasteiger partial charge in [0.05, 0.1) is 5.69 Å². The standard InChI is InChI=1S/C8H7FN4O/c1-5(14)11-8-3-2-6(12-13-10)4-7(8)9/h2-4H,1H3,(H,11,14). The van der Waals surface area contributed by atoms with Crippen molar-refractivity contribution in [2.75, 3.05) is 5.32 Å². The third-order valence-electron chi connectivity index (χ3n) is 1.42. The quantitative estimate of drug-likeness (QED) is 0.438. The van der Waals surface area contributed by atoms with Gasteiger partial charge in [-0.2, -0.15) is 0 Å². The molecule has 0 bridgehead atoms. The van der Waals surface area contributed by atoms with Gasteiger partial charge in [-0.3, -0.25) is 4.79 Å². The molecule has 1 N–H and O–H groups in total. The number of benzene rings is 1. The summed E-state index contributed by atoms with van der Waals surface area (Å²) in [5, 5.41) is 5.51. The number of amides is 1. The van der Waals surface area contributed by atoms with Crippen LogP contribution >= 0.6 is 0 Å². The second kappa shape index (κ2) is 4.25. The normalized spacial score (nSPS) is 9.00. The van der Waals surface area contributed by atoms with Gasteiger partial charge in [0.1, 0.15) is 5.82 Å². The lowest BCUT2D eigenvalue weighted by Crippen LogP contribution is -2.07. The number of carbonyl (C=O) groups is 1. The van der Waals surface area contributed by atoms with Gasteiger partial charge < -0.3 is 5.32 Å². The Kier molecular flexibility index (Phi) is 3.04. The monoisotopic (exact) mass is 194 g/mol. The summed E-state index contributed by atoms with van der Waals surface area (Å²) >= 11 is 0. The van der Waals surface area contributed by atoms with Crippen LogP contribution in [0.15, 0.2) is 23.3 Å². The van der Waals surface area contributed by atoms with Crippen LogP contribution in [0.25, 0.3) is 10.4 Å². The van der Waals surface area contributed by atoms with Crippen LogP contribution in [0, 0.1) is 5.82 Å². The van der Waals surface area contributed by atoms with Crippen molar-refractivity contribution < 1.29 is 9.18 Å². The van der Waals surface area contributed by atoms with E-state index in [-0.39, 0.29) is 17.3 Å². The maximum Gasteiger partial charge on any atom is 0.221 e. The molecule has 1 rings (SSSR count). The summed E-state index contributed by atoms with van der Waals surface area (Å²) in [6.45, 7) is 1.28. The molecule has 0 radical (unpaired) electrons. The highest BCUT2D eigenvalue weighted by Crippen LogP contribution is 2.20. The van der Waals surface area contributed by atoms with E-state index in [1.54, 1.807) is 0 Å². The largest absolute Gasteiger partial charge is 0.324 e.